The summed E-state index contributed by atoms with van der Waals surface area (Å²) in [5.41, 5.74) is 0. The molecule has 0 saturated heterocycles. The van der Waals surface area contributed by atoms with Crippen LogP contribution >= 0.6 is 0 Å². The van der Waals surface area contributed by atoms with Gasteiger partial charge in [0.15, 0.2) is 0 Å². The first kappa shape index (κ1) is 8.27. The van der Waals surface area contributed by atoms with Crippen LogP contribution < -0.4 is 4.74 Å². The number of aromatic nitrogens is 1. The van der Waals surface area contributed by atoms with Crippen molar-refractivity contribution in [1.82, 2.24) is 4.98 Å². The van der Waals surface area contributed by atoms with E-state index in [1.54, 1.807) is 6.20 Å². The summed E-state index contributed by atoms with van der Waals surface area (Å²) in [6.45, 7) is 0. The van der Waals surface area contributed by atoms with E-state index in [-0.39, 0.29) is 0 Å². The molecule has 0 spiro atoms. The van der Waals surface area contributed by atoms with Gasteiger partial charge in [-0.2, -0.15) is 0 Å². The van der Waals surface area contributed by atoms with Gasteiger partial charge >= 0.3 is 0 Å². The first-order valence-electron chi connectivity index (χ1n) is 5.48. The van der Waals surface area contributed by atoms with Crippen molar-refractivity contribution < 1.29 is 4.74 Å². The standard InChI is InChI=1S/C12H15NO/c1-2-11(8-13-5-1)14-12-7-9-3-4-10(12)6-9/h1-2,5,8-10,12H,3-4,6-7H2. The fourth-order valence-electron chi connectivity index (χ4n) is 2.92. The van der Waals surface area contributed by atoms with Crippen molar-refractivity contribution in [2.24, 2.45) is 11.8 Å². The zero-order valence-corrected chi connectivity index (χ0v) is 8.23. The fourth-order valence-corrected chi connectivity index (χ4v) is 2.92. The maximum atomic E-state index is 5.95. The van der Waals surface area contributed by atoms with Crippen LogP contribution in [0.15, 0.2) is 24.5 Å². The number of nitrogens with zero attached hydrogens (tertiary/aromatic N) is 1. The molecule has 1 heterocycles. The highest BCUT2D eigenvalue weighted by atomic mass is 16.5. The van der Waals surface area contributed by atoms with Crippen molar-refractivity contribution >= 4 is 0 Å². The van der Waals surface area contributed by atoms with Crippen LogP contribution in [0.25, 0.3) is 0 Å². The summed E-state index contributed by atoms with van der Waals surface area (Å²) in [6, 6.07) is 3.93. The molecule has 1 aromatic heterocycles. The van der Waals surface area contributed by atoms with Gasteiger partial charge in [-0.05, 0) is 49.7 Å². The Labute approximate surface area is 84.3 Å². The summed E-state index contributed by atoms with van der Waals surface area (Å²) in [6.07, 6.45) is 9.52. The second-order valence-electron chi connectivity index (χ2n) is 4.52. The Hall–Kier alpha value is -1.05. The Morgan fingerprint density at radius 2 is 2.29 bits per heavy atom. The van der Waals surface area contributed by atoms with Gasteiger partial charge in [-0.25, -0.2) is 0 Å². The summed E-state index contributed by atoms with van der Waals surface area (Å²) in [7, 11) is 0. The second-order valence-corrected chi connectivity index (χ2v) is 4.52. The number of pyridine rings is 1. The lowest BCUT2D eigenvalue weighted by Crippen LogP contribution is -2.23. The molecule has 74 valence electrons. The highest BCUT2D eigenvalue weighted by Crippen LogP contribution is 2.45. The SMILES string of the molecule is c1cncc(OC2CC3CCC2C3)c1. The van der Waals surface area contributed by atoms with Crippen molar-refractivity contribution in [2.75, 3.05) is 0 Å². The van der Waals surface area contributed by atoms with Crippen molar-refractivity contribution in [2.45, 2.75) is 31.8 Å². The van der Waals surface area contributed by atoms with Gasteiger partial charge in [0.05, 0.1) is 6.20 Å². The van der Waals surface area contributed by atoms with E-state index in [1.807, 2.05) is 18.3 Å². The fraction of sp³-hybridized carbons (Fsp3) is 0.583. The van der Waals surface area contributed by atoms with Gasteiger partial charge in [-0.1, -0.05) is 0 Å². The van der Waals surface area contributed by atoms with Gasteiger partial charge in [-0.15, -0.1) is 0 Å². The molecule has 2 fully saturated rings. The van der Waals surface area contributed by atoms with E-state index in [2.05, 4.69) is 4.98 Å². The second kappa shape index (κ2) is 3.26. The largest absolute Gasteiger partial charge is 0.489 e. The number of hydrogen-bond acceptors (Lipinski definition) is 2. The molecule has 0 amide bonds. The van der Waals surface area contributed by atoms with Crippen molar-refractivity contribution in [3.63, 3.8) is 0 Å². The van der Waals surface area contributed by atoms with E-state index in [0.717, 1.165) is 17.6 Å². The first-order valence-corrected chi connectivity index (χ1v) is 5.48. The molecule has 14 heavy (non-hydrogen) atoms. The van der Waals surface area contributed by atoms with Crippen LogP contribution in [0.4, 0.5) is 0 Å². The molecule has 0 aromatic carbocycles. The van der Waals surface area contributed by atoms with Crippen LogP contribution in [-0.2, 0) is 0 Å². The van der Waals surface area contributed by atoms with E-state index >= 15 is 0 Å². The lowest BCUT2D eigenvalue weighted by atomic mass is 9.98. The van der Waals surface area contributed by atoms with Gasteiger partial charge in [0.2, 0.25) is 0 Å². The quantitative estimate of drug-likeness (QED) is 0.713. The van der Waals surface area contributed by atoms with Gasteiger partial charge in [0, 0.05) is 6.20 Å². The van der Waals surface area contributed by atoms with E-state index in [1.165, 1.54) is 25.7 Å². The van der Waals surface area contributed by atoms with Gasteiger partial charge in [0.1, 0.15) is 11.9 Å². The number of hydrogen-bond donors (Lipinski definition) is 0. The number of ether oxygens (including phenoxy) is 1. The third kappa shape index (κ3) is 1.39. The van der Waals surface area contributed by atoms with Gasteiger partial charge in [0.25, 0.3) is 0 Å². The molecule has 3 atom stereocenters. The van der Waals surface area contributed by atoms with Crippen LogP contribution in [0, 0.1) is 11.8 Å². The average Bonchev–Trinajstić information content (AvgIpc) is 2.81. The van der Waals surface area contributed by atoms with E-state index in [0.29, 0.717) is 6.10 Å². The lowest BCUT2D eigenvalue weighted by molar-refractivity contribution is 0.138. The Morgan fingerprint density at radius 1 is 1.29 bits per heavy atom. The molecule has 0 aliphatic heterocycles. The molecule has 2 heteroatoms. The maximum absolute atomic E-state index is 5.95. The Morgan fingerprint density at radius 3 is 2.93 bits per heavy atom. The van der Waals surface area contributed by atoms with Crippen LogP contribution in [0.1, 0.15) is 25.7 Å². The third-order valence-corrected chi connectivity index (χ3v) is 3.60. The van der Waals surface area contributed by atoms with E-state index in [4.69, 9.17) is 4.74 Å². The van der Waals surface area contributed by atoms with Gasteiger partial charge < -0.3 is 4.74 Å². The van der Waals surface area contributed by atoms with Crippen molar-refractivity contribution in [3.8, 4) is 5.75 Å². The molecule has 2 bridgehead atoms. The normalized spacial score (nSPS) is 34.7. The van der Waals surface area contributed by atoms with Crippen molar-refractivity contribution in [3.05, 3.63) is 24.5 Å². The molecule has 2 aliphatic carbocycles. The average molecular weight is 189 g/mol. The molecule has 3 rings (SSSR count). The smallest absolute Gasteiger partial charge is 0.138 e. The van der Waals surface area contributed by atoms with Crippen molar-refractivity contribution in [1.29, 1.82) is 0 Å². The molecular weight excluding hydrogens is 174 g/mol. The minimum absolute atomic E-state index is 0.470. The molecule has 3 unspecified atom stereocenters. The minimum atomic E-state index is 0.470. The Balaban J connectivity index is 1.69. The van der Waals surface area contributed by atoms with E-state index in [9.17, 15) is 0 Å². The number of rotatable bonds is 2. The topological polar surface area (TPSA) is 22.1 Å². The molecule has 0 radical (unpaired) electrons. The Bertz CT molecular complexity index is 311. The summed E-state index contributed by atoms with van der Waals surface area (Å²) in [4.78, 5) is 4.06. The highest BCUT2D eigenvalue weighted by molar-refractivity contribution is 5.16. The number of fused-ring (bicyclic) bond motifs is 2. The monoisotopic (exact) mass is 189 g/mol. The molecular formula is C12H15NO. The minimum Gasteiger partial charge on any atom is -0.489 e. The third-order valence-electron chi connectivity index (χ3n) is 3.60. The van der Waals surface area contributed by atoms with Crippen LogP contribution in [0.5, 0.6) is 5.75 Å². The summed E-state index contributed by atoms with van der Waals surface area (Å²) < 4.78 is 5.95. The Kier molecular flexibility index (Phi) is 1.93. The predicted molar refractivity (Wildman–Crippen MR) is 54.1 cm³/mol. The lowest BCUT2D eigenvalue weighted by Gasteiger charge is -2.22. The molecule has 2 nitrogen and oxygen atoms in total. The van der Waals surface area contributed by atoms with Crippen LogP contribution in [-0.4, -0.2) is 11.1 Å². The summed E-state index contributed by atoms with van der Waals surface area (Å²) >= 11 is 0. The van der Waals surface area contributed by atoms with Gasteiger partial charge in [-0.3, -0.25) is 4.98 Å². The first-order chi connectivity index (χ1) is 6.92. The highest BCUT2D eigenvalue weighted by Gasteiger charge is 2.40. The van der Waals surface area contributed by atoms with E-state index < -0.39 is 0 Å². The maximum Gasteiger partial charge on any atom is 0.138 e. The molecule has 2 aliphatic rings. The molecule has 0 N–H and O–H groups in total. The van der Waals surface area contributed by atoms with Crippen LogP contribution in [0.3, 0.4) is 0 Å². The predicted octanol–water partition coefficient (Wildman–Crippen LogP) is 2.65. The molecule has 2 saturated carbocycles. The summed E-state index contributed by atoms with van der Waals surface area (Å²) in [5.74, 6) is 2.70. The van der Waals surface area contributed by atoms with Crippen LogP contribution in [0.2, 0.25) is 0 Å². The zero-order valence-electron chi connectivity index (χ0n) is 8.23. The molecule has 1 aromatic rings. The summed E-state index contributed by atoms with van der Waals surface area (Å²) in [5, 5.41) is 0. The zero-order chi connectivity index (χ0) is 9.38.